The number of hydrogen-bond acceptors (Lipinski definition) is 4. The van der Waals surface area contributed by atoms with Gasteiger partial charge in [0.05, 0.1) is 0 Å². The van der Waals surface area contributed by atoms with Gasteiger partial charge in [-0.1, -0.05) is 12.1 Å². The number of carboxylic acid groups (broad SMARTS) is 1. The molecule has 19 heavy (non-hydrogen) atoms. The van der Waals surface area contributed by atoms with Gasteiger partial charge >= 0.3 is 5.97 Å². The van der Waals surface area contributed by atoms with Gasteiger partial charge in [-0.05, 0) is 24.6 Å². The standard InChI is InChI=1S/C13H17NO5/c1-2-18-11(13(16)17)7-9-3-5-10(6-4-9)19-8-12(14)15/h3-6,11H,2,7-8H2,1H3,(H2,14,15)(H,16,17). The van der Waals surface area contributed by atoms with Crippen LogP contribution >= 0.6 is 0 Å². The van der Waals surface area contributed by atoms with Gasteiger partial charge in [-0.15, -0.1) is 0 Å². The molecule has 6 nitrogen and oxygen atoms in total. The second kappa shape index (κ2) is 7.38. The van der Waals surface area contributed by atoms with Gasteiger partial charge in [0.1, 0.15) is 5.75 Å². The average Bonchev–Trinajstić information content (AvgIpc) is 2.37. The Kier molecular flexibility index (Phi) is 5.81. The number of nitrogens with two attached hydrogens (primary N) is 1. The Morgan fingerprint density at radius 3 is 2.42 bits per heavy atom. The molecule has 1 rings (SSSR count). The fraction of sp³-hybridized carbons (Fsp3) is 0.385. The minimum Gasteiger partial charge on any atom is -0.484 e. The summed E-state index contributed by atoms with van der Waals surface area (Å²) in [6.45, 7) is 1.91. The summed E-state index contributed by atoms with van der Waals surface area (Å²) in [6, 6.07) is 6.77. The molecule has 0 bridgehead atoms. The summed E-state index contributed by atoms with van der Waals surface area (Å²) in [5.74, 6) is -1.03. The second-order valence-corrected chi connectivity index (χ2v) is 3.89. The fourth-order valence-corrected chi connectivity index (χ4v) is 1.51. The molecule has 1 atom stereocenters. The van der Waals surface area contributed by atoms with Crippen molar-refractivity contribution in [2.45, 2.75) is 19.4 Å². The Hall–Kier alpha value is -2.08. The lowest BCUT2D eigenvalue weighted by atomic mass is 10.1. The Balaban J connectivity index is 2.60. The highest BCUT2D eigenvalue weighted by atomic mass is 16.5. The molecule has 6 heteroatoms. The summed E-state index contributed by atoms with van der Waals surface area (Å²) < 4.78 is 10.2. The molecule has 0 heterocycles. The van der Waals surface area contributed by atoms with Crippen molar-refractivity contribution >= 4 is 11.9 Å². The highest BCUT2D eigenvalue weighted by molar-refractivity contribution is 5.75. The maximum absolute atomic E-state index is 10.9. The Morgan fingerprint density at radius 2 is 1.95 bits per heavy atom. The molecular formula is C13H17NO5. The quantitative estimate of drug-likeness (QED) is 0.718. The number of rotatable bonds is 8. The lowest BCUT2D eigenvalue weighted by Crippen LogP contribution is -2.26. The van der Waals surface area contributed by atoms with Gasteiger partial charge in [-0.3, -0.25) is 4.79 Å². The third kappa shape index (κ3) is 5.39. The van der Waals surface area contributed by atoms with Crippen LogP contribution in [0.4, 0.5) is 0 Å². The number of ether oxygens (including phenoxy) is 2. The van der Waals surface area contributed by atoms with Crippen LogP contribution in [0.5, 0.6) is 5.75 Å². The van der Waals surface area contributed by atoms with Gasteiger partial charge in [-0.2, -0.15) is 0 Å². The van der Waals surface area contributed by atoms with E-state index in [1.807, 2.05) is 0 Å². The van der Waals surface area contributed by atoms with E-state index in [1.54, 1.807) is 31.2 Å². The summed E-state index contributed by atoms with van der Waals surface area (Å²) in [4.78, 5) is 21.5. The Morgan fingerprint density at radius 1 is 1.32 bits per heavy atom. The van der Waals surface area contributed by atoms with Gasteiger partial charge in [-0.25, -0.2) is 4.79 Å². The molecule has 0 radical (unpaired) electrons. The van der Waals surface area contributed by atoms with Crippen LogP contribution in [0.3, 0.4) is 0 Å². The van der Waals surface area contributed by atoms with E-state index in [-0.39, 0.29) is 13.0 Å². The molecule has 1 aromatic carbocycles. The zero-order valence-electron chi connectivity index (χ0n) is 10.7. The van der Waals surface area contributed by atoms with Crippen molar-refractivity contribution in [1.82, 2.24) is 0 Å². The van der Waals surface area contributed by atoms with E-state index < -0.39 is 18.0 Å². The first-order valence-corrected chi connectivity index (χ1v) is 5.87. The van der Waals surface area contributed by atoms with Crippen molar-refractivity contribution in [3.05, 3.63) is 29.8 Å². The minimum atomic E-state index is -0.990. The summed E-state index contributed by atoms with van der Waals surface area (Å²) in [5, 5.41) is 8.96. The van der Waals surface area contributed by atoms with Crippen LogP contribution < -0.4 is 10.5 Å². The fourth-order valence-electron chi connectivity index (χ4n) is 1.51. The zero-order chi connectivity index (χ0) is 14.3. The van der Waals surface area contributed by atoms with Gasteiger partial charge in [0.25, 0.3) is 5.91 Å². The predicted molar refractivity (Wildman–Crippen MR) is 67.9 cm³/mol. The number of carbonyl (C=O) groups is 2. The van der Waals surface area contributed by atoms with E-state index in [1.165, 1.54) is 0 Å². The van der Waals surface area contributed by atoms with E-state index in [2.05, 4.69) is 0 Å². The molecule has 0 aliphatic heterocycles. The average molecular weight is 267 g/mol. The first kappa shape index (κ1) is 15.0. The van der Waals surface area contributed by atoms with Crippen molar-refractivity contribution in [1.29, 1.82) is 0 Å². The van der Waals surface area contributed by atoms with Crippen LogP contribution in [-0.4, -0.2) is 36.3 Å². The lowest BCUT2D eigenvalue weighted by molar-refractivity contribution is -0.149. The second-order valence-electron chi connectivity index (χ2n) is 3.89. The highest BCUT2D eigenvalue weighted by Crippen LogP contribution is 2.14. The minimum absolute atomic E-state index is 0.184. The first-order valence-electron chi connectivity index (χ1n) is 5.87. The summed E-state index contributed by atoms with van der Waals surface area (Å²) >= 11 is 0. The molecule has 3 N–H and O–H groups in total. The third-order valence-electron chi connectivity index (χ3n) is 2.37. The first-order chi connectivity index (χ1) is 9.02. The smallest absolute Gasteiger partial charge is 0.333 e. The maximum Gasteiger partial charge on any atom is 0.333 e. The number of amides is 1. The number of hydrogen-bond donors (Lipinski definition) is 2. The molecule has 1 amide bonds. The topological polar surface area (TPSA) is 98.9 Å². The number of benzene rings is 1. The van der Waals surface area contributed by atoms with Crippen LogP contribution in [0, 0.1) is 0 Å². The molecule has 0 aromatic heterocycles. The monoisotopic (exact) mass is 267 g/mol. The predicted octanol–water partition coefficient (Wildman–Crippen LogP) is 0.583. The number of primary amides is 1. The number of carbonyl (C=O) groups excluding carboxylic acids is 1. The largest absolute Gasteiger partial charge is 0.484 e. The molecule has 0 spiro atoms. The number of aliphatic carboxylic acids is 1. The van der Waals surface area contributed by atoms with Crippen molar-refractivity contribution in [3.63, 3.8) is 0 Å². The molecule has 0 aliphatic carbocycles. The molecule has 1 aromatic rings. The van der Waals surface area contributed by atoms with Gasteiger partial charge in [0.2, 0.25) is 0 Å². The van der Waals surface area contributed by atoms with E-state index in [0.717, 1.165) is 5.56 Å². The maximum atomic E-state index is 10.9. The van der Waals surface area contributed by atoms with Crippen molar-refractivity contribution in [3.8, 4) is 5.75 Å². The van der Waals surface area contributed by atoms with E-state index in [0.29, 0.717) is 12.4 Å². The Labute approximate surface area is 111 Å². The van der Waals surface area contributed by atoms with E-state index in [9.17, 15) is 9.59 Å². The zero-order valence-corrected chi connectivity index (χ0v) is 10.7. The van der Waals surface area contributed by atoms with E-state index in [4.69, 9.17) is 20.3 Å². The van der Waals surface area contributed by atoms with Crippen molar-refractivity contribution < 1.29 is 24.2 Å². The van der Waals surface area contributed by atoms with Gasteiger partial charge in [0.15, 0.2) is 12.7 Å². The van der Waals surface area contributed by atoms with E-state index >= 15 is 0 Å². The van der Waals surface area contributed by atoms with Crippen LogP contribution in [0.1, 0.15) is 12.5 Å². The molecule has 0 fully saturated rings. The lowest BCUT2D eigenvalue weighted by Gasteiger charge is -2.12. The number of carboxylic acids is 1. The molecular weight excluding hydrogens is 250 g/mol. The highest BCUT2D eigenvalue weighted by Gasteiger charge is 2.17. The third-order valence-corrected chi connectivity index (χ3v) is 2.37. The molecule has 104 valence electrons. The van der Waals surface area contributed by atoms with Gasteiger partial charge in [0, 0.05) is 13.0 Å². The molecule has 1 unspecified atom stereocenters. The summed E-state index contributed by atoms with van der Waals surface area (Å²) in [6.07, 6.45) is -0.582. The SMILES string of the molecule is CCOC(Cc1ccc(OCC(N)=O)cc1)C(=O)O. The van der Waals surface area contributed by atoms with Crippen LogP contribution in [0.25, 0.3) is 0 Å². The van der Waals surface area contributed by atoms with Crippen molar-refractivity contribution in [2.24, 2.45) is 5.73 Å². The normalized spacial score (nSPS) is 11.8. The van der Waals surface area contributed by atoms with Gasteiger partial charge < -0.3 is 20.3 Å². The molecule has 0 saturated carbocycles. The summed E-state index contributed by atoms with van der Waals surface area (Å²) in [7, 11) is 0. The molecule has 0 saturated heterocycles. The van der Waals surface area contributed by atoms with Crippen LogP contribution in [0.2, 0.25) is 0 Å². The van der Waals surface area contributed by atoms with Crippen molar-refractivity contribution in [2.75, 3.05) is 13.2 Å². The Bertz CT molecular complexity index is 429. The van der Waals surface area contributed by atoms with Crippen LogP contribution in [-0.2, 0) is 20.7 Å². The van der Waals surface area contributed by atoms with Crippen LogP contribution in [0.15, 0.2) is 24.3 Å². The summed E-state index contributed by atoms with van der Waals surface area (Å²) in [5.41, 5.74) is 5.77. The molecule has 0 aliphatic rings.